The second-order valence-electron chi connectivity index (χ2n) is 7.31. The molecule has 3 nitrogen and oxygen atoms in total. The Morgan fingerprint density at radius 3 is 2.58 bits per heavy atom. The van der Waals surface area contributed by atoms with Gasteiger partial charge in [-0.05, 0) is 50.1 Å². The van der Waals surface area contributed by atoms with Crippen molar-refractivity contribution in [2.45, 2.75) is 47.0 Å². The van der Waals surface area contributed by atoms with Crippen LogP contribution in [0.5, 0.6) is 0 Å². The van der Waals surface area contributed by atoms with Crippen LogP contribution in [0.15, 0.2) is 0 Å². The summed E-state index contributed by atoms with van der Waals surface area (Å²) in [5.41, 5.74) is -0.209. The molecule has 2 heterocycles. The number of hydrogen-bond acceptors (Lipinski definition) is 2. The monoisotopic (exact) mass is 266 g/mol. The molecule has 2 atom stereocenters. The quantitative estimate of drug-likeness (QED) is 0.851. The van der Waals surface area contributed by atoms with Gasteiger partial charge in [-0.2, -0.15) is 0 Å². The topological polar surface area (TPSA) is 32.3 Å². The van der Waals surface area contributed by atoms with Crippen LogP contribution in [-0.2, 0) is 4.79 Å². The molecule has 0 spiro atoms. The maximum Gasteiger partial charge on any atom is 0.228 e. The van der Waals surface area contributed by atoms with Crippen molar-refractivity contribution < 1.29 is 4.79 Å². The van der Waals surface area contributed by atoms with Gasteiger partial charge in [0.25, 0.3) is 0 Å². The molecule has 2 saturated heterocycles. The highest BCUT2D eigenvalue weighted by Crippen LogP contribution is 2.36. The summed E-state index contributed by atoms with van der Waals surface area (Å²) in [7, 11) is 0. The zero-order valence-corrected chi connectivity index (χ0v) is 13.0. The van der Waals surface area contributed by atoms with Gasteiger partial charge in [0.05, 0.1) is 0 Å². The number of nitrogens with zero attached hydrogens (tertiary/aromatic N) is 1. The average molecular weight is 266 g/mol. The van der Waals surface area contributed by atoms with Gasteiger partial charge >= 0.3 is 0 Å². The van der Waals surface area contributed by atoms with E-state index in [-0.39, 0.29) is 5.41 Å². The number of piperidine rings is 1. The molecule has 0 bridgehead atoms. The van der Waals surface area contributed by atoms with Crippen LogP contribution in [0.3, 0.4) is 0 Å². The Morgan fingerprint density at radius 1 is 1.32 bits per heavy atom. The Hall–Kier alpha value is -0.570. The fourth-order valence-electron chi connectivity index (χ4n) is 3.57. The van der Waals surface area contributed by atoms with Crippen molar-refractivity contribution >= 4 is 5.91 Å². The lowest BCUT2D eigenvalue weighted by atomic mass is 9.74. The Morgan fingerprint density at radius 2 is 2.05 bits per heavy atom. The Kier molecular flexibility index (Phi) is 4.54. The molecule has 2 aliphatic rings. The lowest BCUT2D eigenvalue weighted by Crippen LogP contribution is -2.48. The van der Waals surface area contributed by atoms with Crippen LogP contribution in [0.25, 0.3) is 0 Å². The number of carbonyl (C=O) groups is 1. The number of likely N-dealkylation sites (tertiary alicyclic amines) is 1. The van der Waals surface area contributed by atoms with Crippen LogP contribution in [0.1, 0.15) is 47.0 Å². The first-order chi connectivity index (χ1) is 8.93. The molecule has 0 radical (unpaired) electrons. The molecule has 0 aromatic rings. The molecule has 2 fully saturated rings. The standard InChI is InChI=1S/C16H30N2O/c1-12(2)13-7-9-18(11-13)15(19)16(3,4)14-6-5-8-17-10-14/h12-14,17H,5-11H2,1-4H3. The highest BCUT2D eigenvalue weighted by Gasteiger charge is 2.41. The van der Waals surface area contributed by atoms with E-state index in [0.29, 0.717) is 23.7 Å². The highest BCUT2D eigenvalue weighted by atomic mass is 16.2. The third-order valence-electron chi connectivity index (χ3n) is 5.32. The third-order valence-corrected chi connectivity index (χ3v) is 5.32. The maximum absolute atomic E-state index is 12.8. The van der Waals surface area contributed by atoms with Gasteiger partial charge in [0.15, 0.2) is 0 Å². The van der Waals surface area contributed by atoms with Crippen LogP contribution < -0.4 is 5.32 Å². The summed E-state index contributed by atoms with van der Waals surface area (Å²) in [4.78, 5) is 15.0. The molecule has 1 amide bonds. The predicted octanol–water partition coefficient (Wildman–Crippen LogP) is 2.52. The smallest absolute Gasteiger partial charge is 0.228 e. The fraction of sp³-hybridized carbons (Fsp3) is 0.938. The van der Waals surface area contributed by atoms with Crippen LogP contribution in [-0.4, -0.2) is 37.0 Å². The molecule has 0 saturated carbocycles. The molecular weight excluding hydrogens is 236 g/mol. The number of nitrogens with one attached hydrogen (secondary N) is 1. The van der Waals surface area contributed by atoms with Crippen LogP contribution in [0.4, 0.5) is 0 Å². The SMILES string of the molecule is CC(C)C1CCN(C(=O)C(C)(C)C2CCCNC2)C1. The van der Waals surface area contributed by atoms with E-state index in [0.717, 1.165) is 26.2 Å². The van der Waals surface area contributed by atoms with E-state index >= 15 is 0 Å². The fourth-order valence-corrected chi connectivity index (χ4v) is 3.57. The molecule has 3 heteroatoms. The minimum atomic E-state index is -0.209. The number of hydrogen-bond donors (Lipinski definition) is 1. The number of amides is 1. The average Bonchev–Trinajstić information content (AvgIpc) is 2.88. The normalized spacial score (nSPS) is 29.0. The lowest BCUT2D eigenvalue weighted by Gasteiger charge is -2.38. The van der Waals surface area contributed by atoms with E-state index in [1.165, 1.54) is 19.3 Å². The molecule has 2 unspecified atom stereocenters. The van der Waals surface area contributed by atoms with E-state index in [9.17, 15) is 4.79 Å². The third kappa shape index (κ3) is 3.13. The van der Waals surface area contributed by atoms with Gasteiger partial charge in [-0.3, -0.25) is 4.79 Å². The van der Waals surface area contributed by atoms with Crippen molar-refractivity contribution in [3.05, 3.63) is 0 Å². The summed E-state index contributed by atoms with van der Waals surface area (Å²) in [6.45, 7) is 12.9. The van der Waals surface area contributed by atoms with E-state index in [1.54, 1.807) is 0 Å². The van der Waals surface area contributed by atoms with Crippen molar-refractivity contribution in [3.8, 4) is 0 Å². The van der Waals surface area contributed by atoms with E-state index in [1.807, 2.05) is 0 Å². The largest absolute Gasteiger partial charge is 0.342 e. The molecule has 2 aliphatic heterocycles. The van der Waals surface area contributed by atoms with Crippen molar-refractivity contribution in [1.82, 2.24) is 10.2 Å². The Labute approximate surface area is 118 Å². The minimum Gasteiger partial charge on any atom is -0.342 e. The van der Waals surface area contributed by atoms with Crippen molar-refractivity contribution in [1.29, 1.82) is 0 Å². The summed E-state index contributed by atoms with van der Waals surface area (Å²) in [6, 6.07) is 0. The lowest BCUT2D eigenvalue weighted by molar-refractivity contribution is -0.142. The maximum atomic E-state index is 12.8. The van der Waals surface area contributed by atoms with Gasteiger partial charge in [0.1, 0.15) is 0 Å². The summed E-state index contributed by atoms with van der Waals surface area (Å²) in [6.07, 6.45) is 3.57. The molecule has 0 aromatic carbocycles. The molecule has 0 aromatic heterocycles. The number of rotatable bonds is 3. The van der Waals surface area contributed by atoms with Gasteiger partial charge < -0.3 is 10.2 Å². The summed E-state index contributed by atoms with van der Waals surface area (Å²) in [5, 5.41) is 3.44. The summed E-state index contributed by atoms with van der Waals surface area (Å²) in [5.74, 6) is 2.26. The molecule has 110 valence electrons. The van der Waals surface area contributed by atoms with E-state index < -0.39 is 0 Å². The minimum absolute atomic E-state index is 0.209. The molecule has 2 rings (SSSR count). The highest BCUT2D eigenvalue weighted by molar-refractivity contribution is 5.82. The van der Waals surface area contributed by atoms with E-state index in [2.05, 4.69) is 37.9 Å². The van der Waals surface area contributed by atoms with Crippen molar-refractivity contribution in [2.24, 2.45) is 23.2 Å². The van der Waals surface area contributed by atoms with Crippen LogP contribution in [0, 0.1) is 23.2 Å². The zero-order chi connectivity index (χ0) is 14.0. The predicted molar refractivity (Wildman–Crippen MR) is 78.9 cm³/mol. The summed E-state index contributed by atoms with van der Waals surface area (Å²) < 4.78 is 0. The van der Waals surface area contributed by atoms with E-state index in [4.69, 9.17) is 0 Å². The second-order valence-corrected chi connectivity index (χ2v) is 7.31. The van der Waals surface area contributed by atoms with Gasteiger partial charge in [0.2, 0.25) is 5.91 Å². The van der Waals surface area contributed by atoms with Crippen molar-refractivity contribution in [2.75, 3.05) is 26.2 Å². The van der Waals surface area contributed by atoms with Crippen LogP contribution >= 0.6 is 0 Å². The molecular formula is C16H30N2O. The Balaban J connectivity index is 1.98. The summed E-state index contributed by atoms with van der Waals surface area (Å²) >= 11 is 0. The van der Waals surface area contributed by atoms with Gasteiger partial charge in [0, 0.05) is 18.5 Å². The van der Waals surface area contributed by atoms with Crippen LogP contribution in [0.2, 0.25) is 0 Å². The first kappa shape index (κ1) is 14.8. The first-order valence-corrected chi connectivity index (χ1v) is 7.93. The molecule has 19 heavy (non-hydrogen) atoms. The first-order valence-electron chi connectivity index (χ1n) is 7.93. The molecule has 1 N–H and O–H groups in total. The van der Waals surface area contributed by atoms with Gasteiger partial charge in [-0.15, -0.1) is 0 Å². The Bertz CT molecular complexity index is 319. The van der Waals surface area contributed by atoms with Crippen molar-refractivity contribution in [3.63, 3.8) is 0 Å². The number of carbonyl (C=O) groups excluding carboxylic acids is 1. The second kappa shape index (κ2) is 5.82. The van der Waals surface area contributed by atoms with Gasteiger partial charge in [-0.1, -0.05) is 27.7 Å². The van der Waals surface area contributed by atoms with Gasteiger partial charge in [-0.25, -0.2) is 0 Å². The molecule has 0 aliphatic carbocycles. The zero-order valence-electron chi connectivity index (χ0n) is 13.0.